The number of benzene rings is 2. The minimum Gasteiger partial charge on any atom is -0.337 e. The van der Waals surface area contributed by atoms with Gasteiger partial charge in [-0.05, 0) is 48.6 Å². The van der Waals surface area contributed by atoms with E-state index < -0.39 is 0 Å². The fourth-order valence-corrected chi connectivity index (χ4v) is 5.85. The molecule has 2 aromatic heterocycles. The fourth-order valence-electron chi connectivity index (χ4n) is 5.85. The maximum atomic E-state index is 13.6. The summed E-state index contributed by atoms with van der Waals surface area (Å²) in [5.41, 5.74) is 5.79. The number of aromatic nitrogens is 4. The molecule has 0 spiro atoms. The lowest BCUT2D eigenvalue weighted by Gasteiger charge is -2.40. The van der Waals surface area contributed by atoms with Crippen molar-refractivity contribution >= 4 is 5.91 Å². The Labute approximate surface area is 222 Å². The molecule has 8 heteroatoms. The number of nitrogens with zero attached hydrogens (tertiary/aromatic N) is 6. The standard InChI is InChI=1S/C30H31FN6O/c1-21(25-4-2-3-5-26(25)22-6-8-23(31)9-7-22)37-20-32-18-29(37)30(38)35-15-10-24(11-16-35)36-17-12-27-28(19-36)34-14-13-33-27/h2-9,13-14,18,20-21,24H,10-12,15-17,19H2,1H3/t21-/m0/s1. The largest absolute Gasteiger partial charge is 0.337 e. The first-order valence-corrected chi connectivity index (χ1v) is 13.3. The molecule has 1 fully saturated rings. The van der Waals surface area contributed by atoms with E-state index in [4.69, 9.17) is 0 Å². The number of hydrogen-bond donors (Lipinski definition) is 0. The van der Waals surface area contributed by atoms with Gasteiger partial charge in [-0.2, -0.15) is 0 Å². The van der Waals surface area contributed by atoms with Gasteiger partial charge >= 0.3 is 0 Å². The molecule has 2 aliphatic heterocycles. The normalized spacial score (nSPS) is 17.3. The number of amides is 1. The van der Waals surface area contributed by atoms with Crippen molar-refractivity contribution in [1.82, 2.24) is 29.3 Å². The molecule has 0 aliphatic carbocycles. The molecular weight excluding hydrogens is 479 g/mol. The van der Waals surface area contributed by atoms with Gasteiger partial charge in [-0.3, -0.25) is 19.7 Å². The third kappa shape index (κ3) is 4.72. The maximum Gasteiger partial charge on any atom is 0.272 e. The van der Waals surface area contributed by atoms with Crippen molar-refractivity contribution < 1.29 is 9.18 Å². The van der Waals surface area contributed by atoms with E-state index in [1.54, 1.807) is 37.1 Å². The molecule has 4 heterocycles. The van der Waals surface area contributed by atoms with Crippen LogP contribution in [0.4, 0.5) is 4.39 Å². The third-order valence-electron chi connectivity index (χ3n) is 7.99. The Kier molecular flexibility index (Phi) is 6.72. The summed E-state index contributed by atoms with van der Waals surface area (Å²) in [4.78, 5) is 31.5. The van der Waals surface area contributed by atoms with Gasteiger partial charge < -0.3 is 9.47 Å². The number of imidazole rings is 1. The molecule has 7 nitrogen and oxygen atoms in total. The highest BCUT2D eigenvalue weighted by Gasteiger charge is 2.31. The van der Waals surface area contributed by atoms with Crippen LogP contribution in [0.5, 0.6) is 0 Å². The first kappa shape index (κ1) is 24.4. The minimum atomic E-state index is -0.260. The van der Waals surface area contributed by atoms with E-state index in [1.165, 1.54) is 12.1 Å². The Morgan fingerprint density at radius 1 is 0.974 bits per heavy atom. The van der Waals surface area contributed by atoms with E-state index in [0.717, 1.165) is 73.5 Å². The molecule has 4 aromatic rings. The zero-order valence-corrected chi connectivity index (χ0v) is 21.5. The molecule has 0 saturated carbocycles. The van der Waals surface area contributed by atoms with Gasteiger partial charge in [0.05, 0.1) is 30.0 Å². The van der Waals surface area contributed by atoms with Crippen LogP contribution in [-0.2, 0) is 13.0 Å². The number of likely N-dealkylation sites (tertiary alicyclic amines) is 1. The van der Waals surface area contributed by atoms with E-state index >= 15 is 0 Å². The van der Waals surface area contributed by atoms with E-state index in [2.05, 4.69) is 32.8 Å². The molecule has 0 N–H and O–H groups in total. The van der Waals surface area contributed by atoms with Gasteiger partial charge in [-0.25, -0.2) is 9.37 Å². The number of fused-ring (bicyclic) bond motifs is 1. The van der Waals surface area contributed by atoms with Crippen LogP contribution in [-0.4, -0.2) is 60.9 Å². The molecule has 0 bridgehead atoms. The van der Waals surface area contributed by atoms with Gasteiger partial charge in [0.2, 0.25) is 0 Å². The van der Waals surface area contributed by atoms with E-state index in [1.807, 2.05) is 27.7 Å². The molecule has 0 unspecified atom stereocenters. The first-order chi connectivity index (χ1) is 18.6. The highest BCUT2D eigenvalue weighted by atomic mass is 19.1. The summed E-state index contributed by atoms with van der Waals surface area (Å²) >= 11 is 0. The predicted octanol–water partition coefficient (Wildman–Crippen LogP) is 4.75. The molecule has 38 heavy (non-hydrogen) atoms. The second-order valence-electron chi connectivity index (χ2n) is 10.1. The van der Waals surface area contributed by atoms with E-state index in [9.17, 15) is 9.18 Å². The van der Waals surface area contributed by atoms with E-state index in [-0.39, 0.29) is 17.8 Å². The number of rotatable bonds is 5. The van der Waals surface area contributed by atoms with Crippen molar-refractivity contribution in [1.29, 1.82) is 0 Å². The van der Waals surface area contributed by atoms with Gasteiger partial charge in [0, 0.05) is 51.0 Å². The lowest BCUT2D eigenvalue weighted by Crippen LogP contribution is -2.48. The van der Waals surface area contributed by atoms with Gasteiger partial charge in [0.15, 0.2) is 0 Å². The first-order valence-electron chi connectivity index (χ1n) is 13.3. The van der Waals surface area contributed by atoms with Crippen molar-refractivity contribution in [3.63, 3.8) is 0 Å². The lowest BCUT2D eigenvalue weighted by atomic mass is 9.95. The summed E-state index contributed by atoms with van der Waals surface area (Å²) in [6.45, 7) is 5.34. The summed E-state index contributed by atoms with van der Waals surface area (Å²) in [6, 6.07) is 14.9. The number of halogens is 1. The molecule has 2 aromatic carbocycles. The summed E-state index contributed by atoms with van der Waals surface area (Å²) < 4.78 is 15.5. The number of hydrogen-bond acceptors (Lipinski definition) is 5. The molecule has 1 saturated heterocycles. The topological polar surface area (TPSA) is 67.2 Å². The molecule has 6 rings (SSSR count). The van der Waals surface area contributed by atoms with Gasteiger partial charge in [-0.1, -0.05) is 36.4 Å². The second kappa shape index (κ2) is 10.5. The van der Waals surface area contributed by atoms with Crippen molar-refractivity contribution in [2.24, 2.45) is 0 Å². The van der Waals surface area contributed by atoms with Gasteiger partial charge in [0.1, 0.15) is 11.5 Å². The monoisotopic (exact) mass is 510 g/mol. The lowest BCUT2D eigenvalue weighted by molar-refractivity contribution is 0.0585. The molecule has 0 radical (unpaired) electrons. The SMILES string of the molecule is C[C@@H](c1ccccc1-c1ccc(F)cc1)n1cncc1C(=O)N1CCC(N2CCc3nccnc3C2)CC1. The van der Waals surface area contributed by atoms with Crippen LogP contribution in [0.3, 0.4) is 0 Å². The zero-order valence-electron chi connectivity index (χ0n) is 21.5. The van der Waals surface area contributed by atoms with Crippen LogP contribution in [0.25, 0.3) is 11.1 Å². The summed E-state index contributed by atoms with van der Waals surface area (Å²) in [6.07, 6.45) is 9.76. The minimum absolute atomic E-state index is 0.0157. The maximum absolute atomic E-state index is 13.6. The highest BCUT2D eigenvalue weighted by Crippen LogP contribution is 2.32. The van der Waals surface area contributed by atoms with Gasteiger partial charge in [0.25, 0.3) is 5.91 Å². The Morgan fingerprint density at radius 2 is 1.71 bits per heavy atom. The number of carbonyl (C=O) groups is 1. The van der Waals surface area contributed by atoms with Crippen LogP contribution in [0, 0.1) is 5.82 Å². The summed E-state index contributed by atoms with van der Waals surface area (Å²) in [5, 5.41) is 0. The van der Waals surface area contributed by atoms with Crippen molar-refractivity contribution in [2.45, 2.75) is 44.8 Å². The van der Waals surface area contributed by atoms with E-state index in [0.29, 0.717) is 11.7 Å². The molecule has 194 valence electrons. The van der Waals surface area contributed by atoms with Gasteiger partial charge in [-0.15, -0.1) is 0 Å². The Bertz CT molecular complexity index is 1430. The molecule has 1 amide bonds. The Morgan fingerprint density at radius 3 is 2.50 bits per heavy atom. The number of carbonyl (C=O) groups excluding carboxylic acids is 1. The number of piperidine rings is 1. The van der Waals surface area contributed by atoms with Crippen molar-refractivity contribution in [3.8, 4) is 11.1 Å². The summed E-state index contributed by atoms with van der Waals surface area (Å²) in [7, 11) is 0. The quantitative estimate of drug-likeness (QED) is 0.388. The molecular formula is C30H31FN6O. The summed E-state index contributed by atoms with van der Waals surface area (Å²) in [5.74, 6) is -0.244. The third-order valence-corrected chi connectivity index (χ3v) is 7.99. The van der Waals surface area contributed by atoms with Crippen LogP contribution in [0.2, 0.25) is 0 Å². The predicted molar refractivity (Wildman–Crippen MR) is 143 cm³/mol. The highest BCUT2D eigenvalue weighted by molar-refractivity contribution is 5.92. The van der Waals surface area contributed by atoms with Crippen molar-refractivity contribution in [2.75, 3.05) is 19.6 Å². The fraction of sp³-hybridized carbons (Fsp3) is 0.333. The smallest absolute Gasteiger partial charge is 0.272 e. The second-order valence-corrected chi connectivity index (χ2v) is 10.1. The van der Waals surface area contributed by atoms with Crippen LogP contribution < -0.4 is 0 Å². The van der Waals surface area contributed by atoms with Crippen molar-refractivity contribution in [3.05, 3.63) is 102 Å². The zero-order chi connectivity index (χ0) is 26.1. The van der Waals surface area contributed by atoms with Crippen LogP contribution in [0.1, 0.15) is 53.2 Å². The average molecular weight is 511 g/mol. The molecule has 1 atom stereocenters. The Hall–Kier alpha value is -3.91. The average Bonchev–Trinajstić information content (AvgIpc) is 3.47. The molecule has 2 aliphatic rings. The van der Waals surface area contributed by atoms with Crippen LogP contribution in [0.15, 0.2) is 73.4 Å². The Balaban J connectivity index is 1.16. The van der Waals surface area contributed by atoms with Crippen LogP contribution >= 0.6 is 0 Å².